The summed E-state index contributed by atoms with van der Waals surface area (Å²) in [6.07, 6.45) is 2.69. The fraction of sp³-hybridized carbons (Fsp3) is 0.417. The molecule has 0 radical (unpaired) electrons. The minimum atomic E-state index is -0.205. The second-order valence-electron chi connectivity index (χ2n) is 3.91. The molecule has 0 aromatic heterocycles. The van der Waals surface area contributed by atoms with Crippen molar-refractivity contribution in [2.24, 2.45) is 5.92 Å². The zero-order valence-electron chi connectivity index (χ0n) is 7.95. The first-order valence-electron chi connectivity index (χ1n) is 5.00. The smallest absolute Gasteiger partial charge is 0.221 e. The minimum Gasteiger partial charge on any atom is -0.281 e. The highest BCUT2D eigenvalue weighted by Crippen LogP contribution is 2.49. The van der Waals surface area contributed by atoms with Gasteiger partial charge in [-0.3, -0.25) is 4.79 Å². The molecule has 0 N–H and O–H groups in total. The van der Waals surface area contributed by atoms with E-state index in [2.05, 4.69) is 24.3 Å². The van der Waals surface area contributed by atoms with Gasteiger partial charge >= 0.3 is 0 Å². The third-order valence-electron chi connectivity index (χ3n) is 2.86. The van der Waals surface area contributed by atoms with Gasteiger partial charge in [0.25, 0.3) is 0 Å². The number of rotatable bonds is 4. The van der Waals surface area contributed by atoms with E-state index in [4.69, 9.17) is 11.6 Å². The van der Waals surface area contributed by atoms with Gasteiger partial charge in [-0.05, 0) is 41.8 Å². The lowest BCUT2D eigenvalue weighted by Gasteiger charge is -1.98. The summed E-state index contributed by atoms with van der Waals surface area (Å²) in [6.45, 7) is 0. The van der Waals surface area contributed by atoms with E-state index in [1.54, 1.807) is 0 Å². The van der Waals surface area contributed by atoms with Crippen molar-refractivity contribution in [1.29, 1.82) is 0 Å². The summed E-state index contributed by atoms with van der Waals surface area (Å²) in [5, 5.41) is -0.205. The molecule has 0 spiro atoms. The molecule has 0 aliphatic heterocycles. The Kier molecular flexibility index (Phi) is 2.87. The summed E-state index contributed by atoms with van der Waals surface area (Å²) in [5.41, 5.74) is 1.40. The van der Waals surface area contributed by atoms with E-state index in [9.17, 15) is 4.79 Å². The van der Waals surface area contributed by atoms with Crippen molar-refractivity contribution in [3.8, 4) is 0 Å². The van der Waals surface area contributed by atoms with Crippen LogP contribution in [0.15, 0.2) is 30.3 Å². The Bertz CT molecular complexity index is 320. The molecule has 0 amide bonds. The minimum absolute atomic E-state index is 0.205. The maximum Gasteiger partial charge on any atom is 0.221 e. The van der Waals surface area contributed by atoms with Crippen LogP contribution in [-0.2, 0) is 4.79 Å². The lowest BCUT2D eigenvalue weighted by Crippen LogP contribution is -1.89. The van der Waals surface area contributed by atoms with E-state index in [1.807, 2.05) is 6.07 Å². The predicted molar refractivity (Wildman–Crippen MR) is 57.4 cm³/mol. The average Bonchev–Trinajstić information content (AvgIpc) is 2.95. The van der Waals surface area contributed by atoms with Crippen LogP contribution in [0.4, 0.5) is 0 Å². The molecule has 14 heavy (non-hydrogen) atoms. The number of hydrogen-bond acceptors (Lipinski definition) is 1. The zero-order valence-corrected chi connectivity index (χ0v) is 8.70. The zero-order chi connectivity index (χ0) is 9.97. The highest BCUT2D eigenvalue weighted by molar-refractivity contribution is 6.63. The quantitative estimate of drug-likeness (QED) is 0.694. The first-order chi connectivity index (χ1) is 6.77. The van der Waals surface area contributed by atoms with Gasteiger partial charge in [-0.25, -0.2) is 0 Å². The molecule has 74 valence electrons. The van der Waals surface area contributed by atoms with E-state index in [1.165, 1.54) is 12.0 Å². The topological polar surface area (TPSA) is 17.1 Å². The molecule has 0 saturated heterocycles. The monoisotopic (exact) mass is 208 g/mol. The largest absolute Gasteiger partial charge is 0.281 e. The molecule has 1 aliphatic carbocycles. The van der Waals surface area contributed by atoms with Gasteiger partial charge in [-0.1, -0.05) is 30.3 Å². The van der Waals surface area contributed by atoms with Crippen molar-refractivity contribution in [2.75, 3.05) is 0 Å². The summed E-state index contributed by atoms with van der Waals surface area (Å²) < 4.78 is 0. The van der Waals surface area contributed by atoms with Gasteiger partial charge < -0.3 is 0 Å². The molecule has 1 fully saturated rings. The van der Waals surface area contributed by atoms with E-state index >= 15 is 0 Å². The summed E-state index contributed by atoms with van der Waals surface area (Å²) in [6, 6.07) is 10.5. The van der Waals surface area contributed by atoms with Crippen LogP contribution in [0.25, 0.3) is 0 Å². The van der Waals surface area contributed by atoms with Crippen LogP contribution in [0.5, 0.6) is 0 Å². The van der Waals surface area contributed by atoms with Gasteiger partial charge in [0.2, 0.25) is 5.24 Å². The molecule has 1 saturated carbocycles. The molecular formula is C12H13ClO. The van der Waals surface area contributed by atoms with Crippen molar-refractivity contribution in [2.45, 2.75) is 25.2 Å². The highest BCUT2D eigenvalue weighted by atomic mass is 35.5. The first-order valence-corrected chi connectivity index (χ1v) is 5.38. The summed E-state index contributed by atoms with van der Waals surface area (Å²) >= 11 is 5.30. The van der Waals surface area contributed by atoms with Gasteiger partial charge in [0.15, 0.2) is 0 Å². The number of benzene rings is 1. The van der Waals surface area contributed by atoms with Crippen LogP contribution in [0.1, 0.15) is 30.7 Å². The van der Waals surface area contributed by atoms with Crippen molar-refractivity contribution in [3.63, 3.8) is 0 Å². The Balaban J connectivity index is 1.85. The lowest BCUT2D eigenvalue weighted by molar-refractivity contribution is -0.111. The Morgan fingerprint density at radius 2 is 2.07 bits per heavy atom. The van der Waals surface area contributed by atoms with Crippen molar-refractivity contribution in [1.82, 2.24) is 0 Å². The standard InChI is InChI=1S/C12H13ClO/c13-12(14)7-6-10-8-11(10)9-4-2-1-3-5-9/h1-5,10-11H,6-8H2/t10-,11+/m1/s1. The van der Waals surface area contributed by atoms with E-state index in [0.717, 1.165) is 6.42 Å². The molecule has 1 aliphatic rings. The second-order valence-corrected chi connectivity index (χ2v) is 4.33. The van der Waals surface area contributed by atoms with Gasteiger partial charge in [-0.2, -0.15) is 0 Å². The van der Waals surface area contributed by atoms with E-state index < -0.39 is 0 Å². The van der Waals surface area contributed by atoms with Crippen molar-refractivity contribution < 1.29 is 4.79 Å². The molecule has 0 heterocycles. The Hall–Kier alpha value is -0.820. The number of carbonyl (C=O) groups excluding carboxylic acids is 1. The highest BCUT2D eigenvalue weighted by Gasteiger charge is 2.37. The third-order valence-corrected chi connectivity index (χ3v) is 3.05. The van der Waals surface area contributed by atoms with E-state index in [-0.39, 0.29) is 5.24 Å². The van der Waals surface area contributed by atoms with Gasteiger partial charge in [0, 0.05) is 6.42 Å². The van der Waals surface area contributed by atoms with Gasteiger partial charge in [0.1, 0.15) is 0 Å². The Labute approximate surface area is 89.1 Å². The molecule has 0 unspecified atom stereocenters. The molecule has 2 atom stereocenters. The SMILES string of the molecule is O=C(Cl)CC[C@@H]1C[C@H]1c1ccccc1. The summed E-state index contributed by atoms with van der Waals surface area (Å²) in [4.78, 5) is 10.6. The van der Waals surface area contributed by atoms with Gasteiger partial charge in [0.05, 0.1) is 0 Å². The predicted octanol–water partition coefficient (Wildman–Crippen LogP) is 3.34. The number of hydrogen-bond donors (Lipinski definition) is 0. The van der Waals surface area contributed by atoms with Crippen molar-refractivity contribution >= 4 is 16.8 Å². The molecule has 1 aromatic rings. The maximum atomic E-state index is 10.6. The summed E-state index contributed by atoms with van der Waals surface area (Å²) in [7, 11) is 0. The molecule has 2 rings (SSSR count). The lowest BCUT2D eigenvalue weighted by atomic mass is 10.1. The average molecular weight is 209 g/mol. The first kappa shape index (κ1) is 9.72. The van der Waals surface area contributed by atoms with E-state index in [0.29, 0.717) is 18.3 Å². The number of carbonyl (C=O) groups is 1. The van der Waals surface area contributed by atoms with Crippen molar-refractivity contribution in [3.05, 3.63) is 35.9 Å². The van der Waals surface area contributed by atoms with Crippen LogP contribution in [0.2, 0.25) is 0 Å². The Morgan fingerprint density at radius 3 is 2.71 bits per heavy atom. The number of halogens is 1. The van der Waals surface area contributed by atoms with Crippen LogP contribution in [0.3, 0.4) is 0 Å². The van der Waals surface area contributed by atoms with Gasteiger partial charge in [-0.15, -0.1) is 0 Å². The van der Waals surface area contributed by atoms with Crippen LogP contribution >= 0.6 is 11.6 Å². The fourth-order valence-electron chi connectivity index (χ4n) is 1.97. The molecular weight excluding hydrogens is 196 g/mol. The molecule has 1 aromatic carbocycles. The molecule has 2 heteroatoms. The Morgan fingerprint density at radius 1 is 1.36 bits per heavy atom. The summed E-state index contributed by atoms with van der Waals surface area (Å²) in [5.74, 6) is 1.35. The fourth-order valence-corrected chi connectivity index (χ4v) is 2.08. The van der Waals surface area contributed by atoms with Crippen LogP contribution in [0, 0.1) is 5.92 Å². The third kappa shape index (κ3) is 2.36. The maximum absolute atomic E-state index is 10.6. The molecule has 1 nitrogen and oxygen atoms in total. The van der Waals surface area contributed by atoms with Crippen LogP contribution < -0.4 is 0 Å². The van der Waals surface area contributed by atoms with Crippen LogP contribution in [-0.4, -0.2) is 5.24 Å². The normalized spacial score (nSPS) is 24.6. The molecule has 0 bridgehead atoms. The second kappa shape index (κ2) is 4.14.